The summed E-state index contributed by atoms with van der Waals surface area (Å²) in [5, 5.41) is 0. The van der Waals surface area contributed by atoms with E-state index in [0.717, 1.165) is 5.56 Å². The van der Waals surface area contributed by atoms with E-state index in [1.54, 1.807) is 31.2 Å². The average Bonchev–Trinajstić information content (AvgIpc) is 3.08. The lowest BCUT2D eigenvalue weighted by Gasteiger charge is -1.96. The van der Waals surface area contributed by atoms with Crippen molar-refractivity contribution < 1.29 is 13.9 Å². The lowest BCUT2D eigenvalue weighted by atomic mass is 10.2. The Morgan fingerprint density at radius 1 is 1.41 bits per heavy atom. The van der Waals surface area contributed by atoms with Crippen LogP contribution in [0.25, 0.3) is 6.08 Å². The molecular formula is C13H12FNO2. The van der Waals surface area contributed by atoms with E-state index < -0.39 is 6.04 Å². The van der Waals surface area contributed by atoms with Gasteiger partial charge in [0.1, 0.15) is 5.82 Å². The summed E-state index contributed by atoms with van der Waals surface area (Å²) in [7, 11) is 0. The predicted molar refractivity (Wildman–Crippen MR) is 63.3 cm³/mol. The van der Waals surface area contributed by atoms with E-state index in [1.807, 2.05) is 0 Å². The first-order valence-corrected chi connectivity index (χ1v) is 5.38. The molecule has 0 aromatic heterocycles. The molecule has 0 spiro atoms. The van der Waals surface area contributed by atoms with Crippen LogP contribution in [0.2, 0.25) is 0 Å². The molecule has 1 aliphatic heterocycles. The van der Waals surface area contributed by atoms with Gasteiger partial charge in [-0.15, -0.1) is 0 Å². The standard InChI is InChI=1S/C13H12FNO2/c1-2-17-13(16)12-11(15-12)8-5-9-3-6-10(14)7-4-9/h3-8,12H,2H2,1H3/b8-5+/t12-/m0/s1. The van der Waals surface area contributed by atoms with Gasteiger partial charge in [-0.2, -0.15) is 0 Å². The first-order chi connectivity index (χ1) is 8.20. The number of carbonyl (C=O) groups excluding carboxylic acids is 1. The highest BCUT2D eigenvalue weighted by molar-refractivity contribution is 6.22. The molecule has 0 fully saturated rings. The van der Waals surface area contributed by atoms with Gasteiger partial charge in [-0.3, -0.25) is 4.99 Å². The van der Waals surface area contributed by atoms with Crippen molar-refractivity contribution in [2.75, 3.05) is 6.61 Å². The zero-order valence-electron chi connectivity index (χ0n) is 9.39. The van der Waals surface area contributed by atoms with Gasteiger partial charge < -0.3 is 4.74 Å². The van der Waals surface area contributed by atoms with Crippen molar-refractivity contribution in [1.82, 2.24) is 0 Å². The highest BCUT2D eigenvalue weighted by atomic mass is 19.1. The number of esters is 1. The van der Waals surface area contributed by atoms with Gasteiger partial charge in [0.2, 0.25) is 0 Å². The summed E-state index contributed by atoms with van der Waals surface area (Å²) in [6.45, 7) is 2.12. The topological polar surface area (TPSA) is 38.7 Å². The molecule has 0 amide bonds. The third-order valence-electron chi connectivity index (χ3n) is 2.32. The molecule has 1 heterocycles. The van der Waals surface area contributed by atoms with E-state index in [-0.39, 0.29) is 11.8 Å². The van der Waals surface area contributed by atoms with Crippen LogP contribution < -0.4 is 0 Å². The highest BCUT2D eigenvalue weighted by Gasteiger charge is 2.34. The van der Waals surface area contributed by atoms with Gasteiger partial charge in [-0.05, 0) is 30.7 Å². The lowest BCUT2D eigenvalue weighted by molar-refractivity contribution is -0.141. The van der Waals surface area contributed by atoms with Crippen LogP contribution in [-0.2, 0) is 9.53 Å². The maximum absolute atomic E-state index is 12.6. The maximum Gasteiger partial charge on any atom is 0.337 e. The zero-order chi connectivity index (χ0) is 12.3. The molecule has 0 radical (unpaired) electrons. The zero-order valence-corrected chi connectivity index (χ0v) is 9.39. The minimum Gasteiger partial charge on any atom is -0.464 e. The number of benzene rings is 1. The minimum atomic E-state index is -0.438. The first kappa shape index (κ1) is 11.5. The molecular weight excluding hydrogens is 221 g/mol. The number of halogens is 1. The molecule has 88 valence electrons. The molecule has 1 atom stereocenters. The molecule has 0 saturated carbocycles. The van der Waals surface area contributed by atoms with Crippen molar-refractivity contribution in [2.45, 2.75) is 13.0 Å². The number of hydrogen-bond acceptors (Lipinski definition) is 3. The van der Waals surface area contributed by atoms with E-state index in [0.29, 0.717) is 12.3 Å². The Morgan fingerprint density at radius 2 is 2.12 bits per heavy atom. The van der Waals surface area contributed by atoms with Crippen molar-refractivity contribution in [3.63, 3.8) is 0 Å². The Hall–Kier alpha value is -1.97. The van der Waals surface area contributed by atoms with Gasteiger partial charge in [0.25, 0.3) is 0 Å². The Kier molecular flexibility index (Phi) is 3.32. The van der Waals surface area contributed by atoms with Gasteiger partial charge in [-0.1, -0.05) is 18.2 Å². The number of hydrogen-bond donors (Lipinski definition) is 0. The number of carbonyl (C=O) groups is 1. The van der Waals surface area contributed by atoms with Crippen LogP contribution in [0.4, 0.5) is 4.39 Å². The molecule has 0 aliphatic carbocycles. The van der Waals surface area contributed by atoms with E-state index in [4.69, 9.17) is 4.74 Å². The smallest absolute Gasteiger partial charge is 0.337 e. The molecule has 4 heteroatoms. The molecule has 0 N–H and O–H groups in total. The van der Waals surface area contributed by atoms with Gasteiger partial charge in [0.15, 0.2) is 6.04 Å². The third kappa shape index (κ3) is 3.00. The highest BCUT2D eigenvalue weighted by Crippen LogP contribution is 2.16. The number of nitrogens with zero attached hydrogens (tertiary/aromatic N) is 1. The molecule has 3 nitrogen and oxygen atoms in total. The van der Waals surface area contributed by atoms with Crippen LogP contribution in [0.1, 0.15) is 12.5 Å². The van der Waals surface area contributed by atoms with Crippen LogP contribution >= 0.6 is 0 Å². The van der Waals surface area contributed by atoms with Gasteiger partial charge in [0, 0.05) is 0 Å². The second kappa shape index (κ2) is 4.91. The Morgan fingerprint density at radius 3 is 2.76 bits per heavy atom. The molecule has 0 unspecified atom stereocenters. The normalized spacial score (nSPS) is 18.0. The van der Waals surface area contributed by atoms with Crippen LogP contribution in [-0.4, -0.2) is 24.3 Å². The van der Waals surface area contributed by atoms with Crippen molar-refractivity contribution in [3.05, 3.63) is 41.7 Å². The van der Waals surface area contributed by atoms with Crippen LogP contribution in [0.5, 0.6) is 0 Å². The fraction of sp³-hybridized carbons (Fsp3) is 0.231. The summed E-state index contributed by atoms with van der Waals surface area (Å²) >= 11 is 0. The molecule has 1 aromatic rings. The molecule has 1 aromatic carbocycles. The molecule has 0 saturated heterocycles. The van der Waals surface area contributed by atoms with Gasteiger partial charge >= 0.3 is 5.97 Å². The Labute approximate surface area is 98.6 Å². The summed E-state index contributed by atoms with van der Waals surface area (Å²) in [4.78, 5) is 15.2. The number of rotatable bonds is 4. The van der Waals surface area contributed by atoms with E-state index >= 15 is 0 Å². The summed E-state index contributed by atoms with van der Waals surface area (Å²) in [6.07, 6.45) is 3.53. The van der Waals surface area contributed by atoms with E-state index in [2.05, 4.69) is 4.99 Å². The van der Waals surface area contributed by atoms with Crippen molar-refractivity contribution in [2.24, 2.45) is 4.99 Å². The molecule has 2 rings (SSSR count). The molecule has 17 heavy (non-hydrogen) atoms. The average molecular weight is 233 g/mol. The van der Waals surface area contributed by atoms with Crippen molar-refractivity contribution >= 4 is 17.8 Å². The molecule has 1 aliphatic rings. The second-order valence-electron chi connectivity index (χ2n) is 3.59. The summed E-state index contributed by atoms with van der Waals surface area (Å²) in [5.41, 5.74) is 1.57. The van der Waals surface area contributed by atoms with Crippen molar-refractivity contribution in [1.29, 1.82) is 0 Å². The fourth-order valence-electron chi connectivity index (χ4n) is 1.40. The largest absolute Gasteiger partial charge is 0.464 e. The number of aliphatic imine (C=N–C) groups is 1. The number of ether oxygens (including phenoxy) is 1. The van der Waals surface area contributed by atoms with Gasteiger partial charge in [0.05, 0.1) is 12.3 Å². The monoisotopic (exact) mass is 233 g/mol. The van der Waals surface area contributed by atoms with Crippen LogP contribution in [0, 0.1) is 5.82 Å². The predicted octanol–water partition coefficient (Wildman–Crippen LogP) is 2.23. The summed E-state index contributed by atoms with van der Waals surface area (Å²) in [6, 6.07) is 5.66. The SMILES string of the molecule is CCOC(=O)[C@H]1N=C1/C=C/c1ccc(F)cc1. The van der Waals surface area contributed by atoms with Crippen molar-refractivity contribution in [3.8, 4) is 0 Å². The van der Waals surface area contributed by atoms with E-state index in [9.17, 15) is 9.18 Å². The first-order valence-electron chi connectivity index (χ1n) is 5.38. The second-order valence-corrected chi connectivity index (χ2v) is 3.59. The van der Waals surface area contributed by atoms with Crippen LogP contribution in [0.3, 0.4) is 0 Å². The summed E-state index contributed by atoms with van der Waals surface area (Å²) < 4.78 is 17.5. The van der Waals surface area contributed by atoms with E-state index in [1.165, 1.54) is 12.1 Å². The maximum atomic E-state index is 12.6. The Bertz CT molecular complexity index is 477. The minimum absolute atomic E-state index is 0.268. The lowest BCUT2D eigenvalue weighted by Crippen LogP contribution is -2.15. The fourth-order valence-corrected chi connectivity index (χ4v) is 1.40. The third-order valence-corrected chi connectivity index (χ3v) is 2.32. The quantitative estimate of drug-likeness (QED) is 0.748. The summed E-state index contributed by atoms with van der Waals surface area (Å²) in [5.74, 6) is -0.582. The Balaban J connectivity index is 1.89. The van der Waals surface area contributed by atoms with Gasteiger partial charge in [-0.25, -0.2) is 9.18 Å². The molecule has 0 bridgehead atoms. The van der Waals surface area contributed by atoms with Crippen LogP contribution in [0.15, 0.2) is 35.3 Å².